The molecule has 0 saturated carbocycles. The van der Waals surface area contributed by atoms with Gasteiger partial charge in [-0.1, -0.05) is 23.7 Å². The lowest BCUT2D eigenvalue weighted by Gasteiger charge is -2.31. The van der Waals surface area contributed by atoms with E-state index in [0.717, 1.165) is 18.2 Å². The minimum Gasteiger partial charge on any atom is -0.463 e. The van der Waals surface area contributed by atoms with E-state index >= 15 is 0 Å². The minimum absolute atomic E-state index is 0.0422. The van der Waals surface area contributed by atoms with Gasteiger partial charge in [-0.25, -0.2) is 4.98 Å². The molecule has 134 valence electrons. The Morgan fingerprint density at radius 2 is 2.04 bits per heavy atom. The number of benzene rings is 1. The summed E-state index contributed by atoms with van der Waals surface area (Å²) in [4.78, 5) is 19.7. The van der Waals surface area contributed by atoms with E-state index in [0.29, 0.717) is 40.8 Å². The Bertz CT molecular complexity index is 934. The first kappa shape index (κ1) is 17.1. The van der Waals surface area contributed by atoms with Crippen LogP contribution in [0.1, 0.15) is 23.2 Å². The van der Waals surface area contributed by atoms with Gasteiger partial charge in [-0.05, 0) is 37.1 Å². The molecule has 3 aromatic rings. The van der Waals surface area contributed by atoms with Crippen molar-refractivity contribution in [2.24, 2.45) is 0 Å². The highest BCUT2D eigenvalue weighted by atomic mass is 35.5. The zero-order valence-corrected chi connectivity index (χ0v) is 15.2. The number of ether oxygens (including phenoxy) is 1. The number of hydrogen-bond donors (Lipinski definition) is 0. The number of pyridine rings is 1. The predicted molar refractivity (Wildman–Crippen MR) is 100 cm³/mol. The van der Waals surface area contributed by atoms with Crippen molar-refractivity contribution < 1.29 is 13.9 Å². The van der Waals surface area contributed by atoms with Crippen molar-refractivity contribution in [1.82, 2.24) is 9.88 Å². The molecular formula is C20H19ClN2O3. The number of furan rings is 1. The molecule has 1 aliphatic rings. The molecule has 0 bridgehead atoms. The fraction of sp³-hybridized carbons (Fsp3) is 0.300. The Balaban J connectivity index is 1.82. The van der Waals surface area contributed by atoms with Crippen LogP contribution in [0.5, 0.6) is 0 Å². The van der Waals surface area contributed by atoms with Gasteiger partial charge < -0.3 is 14.1 Å². The minimum atomic E-state index is -0.0422. The van der Waals surface area contributed by atoms with Gasteiger partial charge in [0.05, 0.1) is 22.4 Å². The van der Waals surface area contributed by atoms with Crippen molar-refractivity contribution in [2.45, 2.75) is 18.9 Å². The van der Waals surface area contributed by atoms with E-state index in [1.807, 2.05) is 30.1 Å². The van der Waals surface area contributed by atoms with Crippen LogP contribution >= 0.6 is 11.6 Å². The Hall–Kier alpha value is -2.37. The Labute approximate surface area is 156 Å². The Kier molecular flexibility index (Phi) is 4.66. The lowest BCUT2D eigenvalue weighted by Crippen LogP contribution is -2.40. The average molecular weight is 371 g/mol. The van der Waals surface area contributed by atoms with Crippen LogP contribution < -0.4 is 0 Å². The van der Waals surface area contributed by atoms with Gasteiger partial charge in [-0.15, -0.1) is 0 Å². The number of carbonyl (C=O) groups excluding carboxylic acids is 1. The zero-order valence-electron chi connectivity index (χ0n) is 14.4. The highest BCUT2D eigenvalue weighted by Gasteiger charge is 2.25. The number of fused-ring (bicyclic) bond motifs is 1. The van der Waals surface area contributed by atoms with Crippen molar-refractivity contribution >= 4 is 28.4 Å². The molecule has 0 N–H and O–H groups in total. The molecule has 26 heavy (non-hydrogen) atoms. The fourth-order valence-corrected chi connectivity index (χ4v) is 3.59. The number of carbonyl (C=O) groups is 1. The van der Waals surface area contributed by atoms with Gasteiger partial charge in [0.25, 0.3) is 5.91 Å². The number of nitrogens with zero attached hydrogens (tertiary/aromatic N) is 2. The van der Waals surface area contributed by atoms with Crippen LogP contribution in [-0.4, -0.2) is 42.1 Å². The Morgan fingerprint density at radius 1 is 1.23 bits per heavy atom. The van der Waals surface area contributed by atoms with Gasteiger partial charge >= 0.3 is 0 Å². The summed E-state index contributed by atoms with van der Waals surface area (Å²) in [6.45, 7) is 1.37. The Morgan fingerprint density at radius 3 is 2.77 bits per heavy atom. The predicted octanol–water partition coefficient (Wildman–Crippen LogP) is 4.40. The summed E-state index contributed by atoms with van der Waals surface area (Å²) in [6, 6.07) is 11.1. The average Bonchev–Trinajstić information content (AvgIpc) is 3.22. The number of rotatable bonds is 3. The van der Waals surface area contributed by atoms with Crippen molar-refractivity contribution in [3.8, 4) is 11.5 Å². The highest BCUT2D eigenvalue weighted by molar-refractivity contribution is 6.35. The van der Waals surface area contributed by atoms with Crippen LogP contribution in [-0.2, 0) is 4.74 Å². The van der Waals surface area contributed by atoms with E-state index in [1.165, 1.54) is 0 Å². The summed E-state index contributed by atoms with van der Waals surface area (Å²) in [5, 5.41) is 1.26. The van der Waals surface area contributed by atoms with Crippen LogP contribution in [0.25, 0.3) is 22.4 Å². The van der Waals surface area contributed by atoms with Crippen LogP contribution in [0.3, 0.4) is 0 Å². The fourth-order valence-electron chi connectivity index (χ4n) is 3.37. The molecule has 2 aromatic heterocycles. The summed E-state index contributed by atoms with van der Waals surface area (Å²) in [5.41, 5.74) is 1.78. The monoisotopic (exact) mass is 370 g/mol. The lowest BCUT2D eigenvalue weighted by atomic mass is 10.0. The number of hydrogen-bond acceptors (Lipinski definition) is 4. The number of halogens is 1. The van der Waals surface area contributed by atoms with E-state index in [4.69, 9.17) is 20.8 Å². The second-order valence-electron chi connectivity index (χ2n) is 6.43. The first-order chi connectivity index (χ1) is 12.6. The molecule has 0 radical (unpaired) electrons. The maximum Gasteiger partial charge on any atom is 0.254 e. The van der Waals surface area contributed by atoms with Gasteiger partial charge in [-0.3, -0.25) is 4.79 Å². The molecular weight excluding hydrogens is 352 g/mol. The summed E-state index contributed by atoms with van der Waals surface area (Å²) < 4.78 is 10.9. The topological polar surface area (TPSA) is 55.6 Å². The SMILES string of the molecule is CN(C(=O)c1cc(-c2ccco2)nc2c(Cl)cccc12)C1CCOCC1. The number of para-hydroxylation sites is 1. The van der Waals surface area contributed by atoms with Crippen LogP contribution in [0.4, 0.5) is 0 Å². The normalized spacial score (nSPS) is 15.3. The lowest BCUT2D eigenvalue weighted by molar-refractivity contribution is 0.0363. The van der Waals surface area contributed by atoms with Crippen LogP contribution in [0, 0.1) is 0 Å². The third kappa shape index (κ3) is 3.08. The van der Waals surface area contributed by atoms with Crippen molar-refractivity contribution in [3.05, 3.63) is 53.2 Å². The molecule has 5 nitrogen and oxygen atoms in total. The molecule has 6 heteroatoms. The number of amides is 1. The van der Waals surface area contributed by atoms with Crippen LogP contribution in [0.15, 0.2) is 47.1 Å². The van der Waals surface area contributed by atoms with E-state index in [1.54, 1.807) is 24.5 Å². The first-order valence-electron chi connectivity index (χ1n) is 8.63. The molecule has 0 spiro atoms. The van der Waals surface area contributed by atoms with Crippen LogP contribution in [0.2, 0.25) is 5.02 Å². The van der Waals surface area contributed by atoms with E-state index < -0.39 is 0 Å². The van der Waals surface area contributed by atoms with Crippen molar-refractivity contribution in [3.63, 3.8) is 0 Å². The van der Waals surface area contributed by atoms with Gasteiger partial charge in [0.15, 0.2) is 5.76 Å². The zero-order chi connectivity index (χ0) is 18.1. The van der Waals surface area contributed by atoms with E-state index in [2.05, 4.69) is 4.98 Å². The number of aromatic nitrogens is 1. The molecule has 1 amide bonds. The van der Waals surface area contributed by atoms with Gasteiger partial charge in [0.2, 0.25) is 0 Å². The third-order valence-corrected chi connectivity index (χ3v) is 5.16. The smallest absolute Gasteiger partial charge is 0.254 e. The molecule has 1 saturated heterocycles. The van der Waals surface area contributed by atoms with Gasteiger partial charge in [-0.2, -0.15) is 0 Å². The van der Waals surface area contributed by atoms with Crippen molar-refractivity contribution in [1.29, 1.82) is 0 Å². The summed E-state index contributed by atoms with van der Waals surface area (Å²) in [7, 11) is 1.85. The summed E-state index contributed by atoms with van der Waals surface area (Å²) >= 11 is 6.36. The molecule has 3 heterocycles. The quantitative estimate of drug-likeness (QED) is 0.685. The molecule has 0 unspecified atom stereocenters. The third-order valence-electron chi connectivity index (χ3n) is 4.85. The van der Waals surface area contributed by atoms with Crippen molar-refractivity contribution in [2.75, 3.05) is 20.3 Å². The maximum absolute atomic E-state index is 13.3. The second-order valence-corrected chi connectivity index (χ2v) is 6.84. The molecule has 1 aliphatic heterocycles. The second kappa shape index (κ2) is 7.09. The largest absolute Gasteiger partial charge is 0.463 e. The van der Waals surface area contributed by atoms with E-state index in [9.17, 15) is 4.79 Å². The molecule has 4 rings (SSSR count). The van der Waals surface area contributed by atoms with Gasteiger partial charge in [0.1, 0.15) is 5.69 Å². The molecule has 0 aliphatic carbocycles. The molecule has 1 fully saturated rings. The summed E-state index contributed by atoms with van der Waals surface area (Å²) in [5.74, 6) is 0.564. The van der Waals surface area contributed by atoms with E-state index in [-0.39, 0.29) is 11.9 Å². The molecule has 1 aromatic carbocycles. The maximum atomic E-state index is 13.3. The first-order valence-corrected chi connectivity index (χ1v) is 9.01. The molecule has 0 atom stereocenters. The van der Waals surface area contributed by atoms with Gasteiger partial charge in [0, 0.05) is 31.7 Å². The summed E-state index contributed by atoms with van der Waals surface area (Å²) in [6.07, 6.45) is 3.28. The highest BCUT2D eigenvalue weighted by Crippen LogP contribution is 2.30. The standard InChI is InChI=1S/C20H19ClN2O3/c1-23(13-7-10-25-11-8-13)20(24)15-12-17(18-6-3-9-26-18)22-19-14(15)4-2-5-16(19)21/h2-6,9,12-13H,7-8,10-11H2,1H3.